The van der Waals surface area contributed by atoms with E-state index in [1.165, 1.54) is 55.3 Å². The fourth-order valence-corrected chi connectivity index (χ4v) is 4.55. The van der Waals surface area contributed by atoms with Crippen molar-refractivity contribution in [3.05, 3.63) is 106 Å². The molecule has 0 saturated heterocycles. The second kappa shape index (κ2) is 5.57. The largest absolute Gasteiger partial charge is 0.0616 e. The molecule has 0 N–H and O–H groups in total. The Morgan fingerprint density at radius 1 is 0.615 bits per heavy atom. The predicted molar refractivity (Wildman–Crippen MR) is 111 cm³/mol. The summed E-state index contributed by atoms with van der Waals surface area (Å²) in [4.78, 5) is 0. The molecule has 1 aliphatic rings. The first-order valence-corrected chi connectivity index (χ1v) is 9.33. The first-order chi connectivity index (χ1) is 12.6. The highest BCUT2D eigenvalue weighted by atomic mass is 14.3. The summed E-state index contributed by atoms with van der Waals surface area (Å²) >= 11 is 0. The highest BCUT2D eigenvalue weighted by molar-refractivity contribution is 6.03. The van der Waals surface area contributed by atoms with Crippen LogP contribution in [0.3, 0.4) is 0 Å². The summed E-state index contributed by atoms with van der Waals surface area (Å²) < 4.78 is 0. The van der Waals surface area contributed by atoms with Crippen molar-refractivity contribution in [3.8, 4) is 11.1 Å². The Morgan fingerprint density at radius 2 is 1.31 bits per heavy atom. The minimum atomic E-state index is 0.323. The van der Waals surface area contributed by atoms with E-state index in [1.54, 1.807) is 0 Å². The number of hydrogen-bond acceptors (Lipinski definition) is 0. The lowest BCUT2D eigenvalue weighted by Gasteiger charge is -2.16. The Morgan fingerprint density at radius 3 is 2.08 bits per heavy atom. The zero-order chi connectivity index (χ0) is 17.8. The summed E-state index contributed by atoms with van der Waals surface area (Å²) in [6, 6.07) is 27.3. The van der Waals surface area contributed by atoms with E-state index < -0.39 is 0 Å². The molecule has 4 aromatic rings. The minimum absolute atomic E-state index is 0.323. The molecular weight excluding hydrogens is 312 g/mol. The van der Waals surface area contributed by atoms with Gasteiger partial charge in [-0.05, 0) is 64.9 Å². The molecule has 1 atom stereocenters. The molecule has 1 unspecified atom stereocenters. The molecule has 0 heterocycles. The molecule has 1 aliphatic carbocycles. The zero-order valence-electron chi connectivity index (χ0n) is 15.5. The van der Waals surface area contributed by atoms with Gasteiger partial charge in [-0.25, -0.2) is 0 Å². The van der Waals surface area contributed by atoms with Crippen molar-refractivity contribution >= 4 is 10.8 Å². The Balaban J connectivity index is 1.89. The van der Waals surface area contributed by atoms with E-state index in [0.29, 0.717) is 5.92 Å². The van der Waals surface area contributed by atoms with Gasteiger partial charge in [0, 0.05) is 5.92 Å². The van der Waals surface area contributed by atoms with Crippen LogP contribution in [0.4, 0.5) is 0 Å². The van der Waals surface area contributed by atoms with Crippen molar-refractivity contribution in [2.24, 2.45) is 0 Å². The first-order valence-electron chi connectivity index (χ1n) is 9.33. The molecular formula is C26H22. The highest BCUT2D eigenvalue weighted by Crippen LogP contribution is 2.51. The summed E-state index contributed by atoms with van der Waals surface area (Å²) in [5.41, 5.74) is 11.1. The molecule has 126 valence electrons. The SMILES string of the molecule is Cc1ccc(C2c3cc(C)ccc3-c3c2cc(C)c2ccccc32)cc1. The first kappa shape index (κ1) is 15.4. The van der Waals surface area contributed by atoms with Gasteiger partial charge in [0.05, 0.1) is 0 Å². The molecule has 0 spiro atoms. The fraction of sp³-hybridized carbons (Fsp3) is 0.154. The molecule has 0 bridgehead atoms. The van der Waals surface area contributed by atoms with Gasteiger partial charge in [0.15, 0.2) is 0 Å². The van der Waals surface area contributed by atoms with Crippen LogP contribution in [0, 0.1) is 20.8 Å². The zero-order valence-corrected chi connectivity index (χ0v) is 15.5. The molecule has 0 aromatic heterocycles. The number of rotatable bonds is 1. The second-order valence-corrected chi connectivity index (χ2v) is 7.64. The molecule has 0 fully saturated rings. The van der Waals surface area contributed by atoms with E-state index in [-0.39, 0.29) is 0 Å². The standard InChI is InChI=1S/C26H22/c1-16-8-11-19(12-9-16)25-23-14-17(2)10-13-22(23)26-21-7-5-4-6-20(21)18(3)15-24(25)26/h4-15,25H,1-3H3. The lowest BCUT2D eigenvalue weighted by Crippen LogP contribution is -2.00. The molecule has 4 aromatic carbocycles. The van der Waals surface area contributed by atoms with Crippen LogP contribution in [-0.4, -0.2) is 0 Å². The van der Waals surface area contributed by atoms with Crippen molar-refractivity contribution in [1.29, 1.82) is 0 Å². The minimum Gasteiger partial charge on any atom is -0.0616 e. The van der Waals surface area contributed by atoms with Gasteiger partial charge < -0.3 is 0 Å². The van der Waals surface area contributed by atoms with Gasteiger partial charge in [0.2, 0.25) is 0 Å². The van der Waals surface area contributed by atoms with Crippen LogP contribution in [0.2, 0.25) is 0 Å². The van der Waals surface area contributed by atoms with E-state index in [0.717, 1.165) is 0 Å². The Labute approximate surface area is 155 Å². The quantitative estimate of drug-likeness (QED) is 0.312. The predicted octanol–water partition coefficient (Wildman–Crippen LogP) is 6.93. The summed E-state index contributed by atoms with van der Waals surface area (Å²) in [6.45, 7) is 6.59. The molecule has 5 rings (SSSR count). The van der Waals surface area contributed by atoms with Crippen LogP contribution in [0.15, 0.2) is 72.8 Å². The number of benzene rings is 4. The smallest absolute Gasteiger partial charge is 0.0352 e. The average Bonchev–Trinajstić information content (AvgIpc) is 2.96. The average molecular weight is 334 g/mol. The molecule has 26 heavy (non-hydrogen) atoms. The molecule has 0 amide bonds. The Hall–Kier alpha value is -2.86. The number of fused-ring (bicyclic) bond motifs is 5. The van der Waals surface area contributed by atoms with Gasteiger partial charge in [-0.15, -0.1) is 0 Å². The van der Waals surface area contributed by atoms with Crippen LogP contribution >= 0.6 is 0 Å². The molecule has 0 aliphatic heterocycles. The van der Waals surface area contributed by atoms with Crippen LogP contribution in [-0.2, 0) is 0 Å². The van der Waals surface area contributed by atoms with Crippen LogP contribution < -0.4 is 0 Å². The van der Waals surface area contributed by atoms with Gasteiger partial charge >= 0.3 is 0 Å². The Bertz CT molecular complexity index is 1150. The van der Waals surface area contributed by atoms with Gasteiger partial charge in [0.25, 0.3) is 0 Å². The van der Waals surface area contributed by atoms with Crippen LogP contribution in [0.1, 0.15) is 39.3 Å². The van der Waals surface area contributed by atoms with Crippen molar-refractivity contribution in [2.45, 2.75) is 26.7 Å². The van der Waals surface area contributed by atoms with E-state index in [1.807, 2.05) is 0 Å². The van der Waals surface area contributed by atoms with Crippen molar-refractivity contribution < 1.29 is 0 Å². The maximum Gasteiger partial charge on any atom is 0.0352 e. The molecule has 0 saturated carbocycles. The lowest BCUT2D eigenvalue weighted by molar-refractivity contribution is 1.01. The van der Waals surface area contributed by atoms with Crippen molar-refractivity contribution in [3.63, 3.8) is 0 Å². The Kier molecular flexibility index (Phi) is 3.30. The summed E-state index contributed by atoms with van der Waals surface area (Å²) in [5.74, 6) is 0.323. The lowest BCUT2D eigenvalue weighted by atomic mass is 9.87. The topological polar surface area (TPSA) is 0 Å². The van der Waals surface area contributed by atoms with Crippen LogP contribution in [0.25, 0.3) is 21.9 Å². The van der Waals surface area contributed by atoms with E-state index in [9.17, 15) is 0 Å². The highest BCUT2D eigenvalue weighted by Gasteiger charge is 2.31. The van der Waals surface area contributed by atoms with Crippen LogP contribution in [0.5, 0.6) is 0 Å². The summed E-state index contributed by atoms with van der Waals surface area (Å²) in [7, 11) is 0. The van der Waals surface area contributed by atoms with E-state index in [4.69, 9.17) is 0 Å². The van der Waals surface area contributed by atoms with Gasteiger partial charge in [-0.3, -0.25) is 0 Å². The summed E-state index contributed by atoms with van der Waals surface area (Å²) in [6.07, 6.45) is 0. The third kappa shape index (κ3) is 2.15. The monoisotopic (exact) mass is 334 g/mol. The maximum absolute atomic E-state index is 2.41. The van der Waals surface area contributed by atoms with Crippen molar-refractivity contribution in [2.75, 3.05) is 0 Å². The maximum atomic E-state index is 2.41. The number of hydrogen-bond donors (Lipinski definition) is 0. The normalized spacial score (nSPS) is 15.1. The summed E-state index contributed by atoms with van der Waals surface area (Å²) in [5, 5.41) is 2.74. The fourth-order valence-electron chi connectivity index (χ4n) is 4.55. The number of aryl methyl sites for hydroxylation is 3. The van der Waals surface area contributed by atoms with Gasteiger partial charge in [-0.1, -0.05) is 83.9 Å². The van der Waals surface area contributed by atoms with Crippen molar-refractivity contribution in [1.82, 2.24) is 0 Å². The van der Waals surface area contributed by atoms with Gasteiger partial charge in [-0.2, -0.15) is 0 Å². The van der Waals surface area contributed by atoms with E-state index in [2.05, 4.69) is 93.6 Å². The molecule has 0 heteroatoms. The van der Waals surface area contributed by atoms with Gasteiger partial charge in [0.1, 0.15) is 0 Å². The molecule has 0 radical (unpaired) electrons. The molecule has 0 nitrogen and oxygen atoms in total. The third-order valence-electron chi connectivity index (χ3n) is 5.79. The third-order valence-corrected chi connectivity index (χ3v) is 5.79. The second-order valence-electron chi connectivity index (χ2n) is 7.64. The van der Waals surface area contributed by atoms with E-state index >= 15 is 0 Å².